The van der Waals surface area contributed by atoms with Crippen LogP contribution in [0, 0.1) is 11.8 Å². The largest absolute Gasteiger partial charge is 0.381 e. The van der Waals surface area contributed by atoms with Gasteiger partial charge < -0.3 is 14.4 Å². The minimum absolute atomic E-state index is 0.154. The van der Waals surface area contributed by atoms with Crippen LogP contribution >= 0.6 is 0 Å². The van der Waals surface area contributed by atoms with Crippen LogP contribution in [0.1, 0.15) is 25.7 Å². The second kappa shape index (κ2) is 5.43. The number of hydrogen-bond acceptors (Lipinski definition) is 3. The molecule has 2 heterocycles. The summed E-state index contributed by atoms with van der Waals surface area (Å²) in [5, 5.41) is 0. The van der Waals surface area contributed by atoms with Crippen molar-refractivity contribution in [2.24, 2.45) is 11.8 Å². The lowest BCUT2D eigenvalue weighted by Gasteiger charge is -2.33. The SMILES string of the molecule is O=CC1CCN(C(=O)C2CCOCC2)CC1. The molecule has 0 aromatic heterocycles. The molecule has 0 atom stereocenters. The van der Waals surface area contributed by atoms with Gasteiger partial charge in [0.15, 0.2) is 0 Å². The van der Waals surface area contributed by atoms with Crippen LogP contribution in [0.25, 0.3) is 0 Å². The van der Waals surface area contributed by atoms with Gasteiger partial charge >= 0.3 is 0 Å². The fourth-order valence-corrected chi connectivity index (χ4v) is 2.46. The van der Waals surface area contributed by atoms with Gasteiger partial charge in [-0.15, -0.1) is 0 Å². The summed E-state index contributed by atoms with van der Waals surface area (Å²) in [6.07, 6.45) is 4.39. The van der Waals surface area contributed by atoms with Crippen molar-refractivity contribution < 1.29 is 14.3 Å². The summed E-state index contributed by atoms with van der Waals surface area (Å²) in [5.41, 5.74) is 0. The van der Waals surface area contributed by atoms with E-state index in [-0.39, 0.29) is 17.7 Å². The first-order chi connectivity index (χ1) is 7.81. The molecule has 1 amide bonds. The summed E-state index contributed by atoms with van der Waals surface area (Å²) >= 11 is 0. The molecule has 4 heteroatoms. The molecule has 2 fully saturated rings. The van der Waals surface area contributed by atoms with Gasteiger partial charge in [0.05, 0.1) is 0 Å². The smallest absolute Gasteiger partial charge is 0.225 e. The van der Waals surface area contributed by atoms with E-state index in [1.807, 2.05) is 4.90 Å². The van der Waals surface area contributed by atoms with Crippen LogP contribution in [0.15, 0.2) is 0 Å². The number of nitrogens with zero attached hydrogens (tertiary/aromatic N) is 1. The van der Waals surface area contributed by atoms with E-state index < -0.39 is 0 Å². The number of amides is 1. The van der Waals surface area contributed by atoms with Gasteiger partial charge in [-0.3, -0.25) is 4.79 Å². The normalized spacial score (nSPS) is 24.4. The number of carbonyl (C=O) groups is 2. The third kappa shape index (κ3) is 2.61. The van der Waals surface area contributed by atoms with Gasteiger partial charge in [-0.2, -0.15) is 0 Å². The highest BCUT2D eigenvalue weighted by molar-refractivity contribution is 5.79. The maximum atomic E-state index is 12.1. The van der Waals surface area contributed by atoms with E-state index in [0.29, 0.717) is 13.2 Å². The van der Waals surface area contributed by atoms with Crippen LogP contribution in [0.2, 0.25) is 0 Å². The molecule has 0 bridgehead atoms. The summed E-state index contributed by atoms with van der Waals surface area (Å²) in [7, 11) is 0. The lowest BCUT2D eigenvalue weighted by atomic mass is 9.94. The lowest BCUT2D eigenvalue weighted by Crippen LogP contribution is -2.43. The quantitative estimate of drug-likeness (QED) is 0.655. The molecule has 2 rings (SSSR count). The molecule has 0 aliphatic carbocycles. The Bertz CT molecular complexity index is 253. The highest BCUT2D eigenvalue weighted by atomic mass is 16.5. The van der Waals surface area contributed by atoms with Crippen molar-refractivity contribution in [3.8, 4) is 0 Å². The zero-order chi connectivity index (χ0) is 11.4. The second-order valence-corrected chi connectivity index (χ2v) is 4.69. The number of hydrogen-bond donors (Lipinski definition) is 0. The molecular formula is C12H19NO3. The van der Waals surface area contributed by atoms with Crippen molar-refractivity contribution >= 4 is 12.2 Å². The Balaban J connectivity index is 1.83. The van der Waals surface area contributed by atoms with Crippen LogP contribution in [0.4, 0.5) is 0 Å². The average Bonchev–Trinajstić information content (AvgIpc) is 2.39. The zero-order valence-corrected chi connectivity index (χ0v) is 9.56. The first-order valence-corrected chi connectivity index (χ1v) is 6.13. The highest BCUT2D eigenvalue weighted by Crippen LogP contribution is 2.21. The predicted octanol–water partition coefficient (Wildman–Crippen LogP) is 0.850. The Morgan fingerprint density at radius 3 is 2.31 bits per heavy atom. The Morgan fingerprint density at radius 2 is 1.75 bits per heavy atom. The van der Waals surface area contributed by atoms with Crippen LogP contribution < -0.4 is 0 Å². The van der Waals surface area contributed by atoms with Crippen molar-refractivity contribution in [2.75, 3.05) is 26.3 Å². The van der Waals surface area contributed by atoms with E-state index in [4.69, 9.17) is 4.74 Å². The van der Waals surface area contributed by atoms with E-state index >= 15 is 0 Å². The lowest BCUT2D eigenvalue weighted by molar-refractivity contribution is -0.140. The topological polar surface area (TPSA) is 46.6 Å². The zero-order valence-electron chi connectivity index (χ0n) is 9.56. The Hall–Kier alpha value is -0.900. The van der Waals surface area contributed by atoms with Gasteiger partial charge in [0.25, 0.3) is 0 Å². The standard InChI is InChI=1S/C12H19NO3/c14-9-10-1-5-13(6-2-10)12(15)11-3-7-16-8-4-11/h9-11H,1-8H2. The maximum Gasteiger partial charge on any atom is 0.225 e. The van der Waals surface area contributed by atoms with Crippen molar-refractivity contribution in [2.45, 2.75) is 25.7 Å². The maximum absolute atomic E-state index is 12.1. The molecule has 0 saturated carbocycles. The summed E-state index contributed by atoms with van der Waals surface area (Å²) in [4.78, 5) is 24.7. The minimum atomic E-state index is 0.154. The number of aldehydes is 1. The molecule has 4 nitrogen and oxygen atoms in total. The fourth-order valence-electron chi connectivity index (χ4n) is 2.46. The van der Waals surface area contributed by atoms with Crippen LogP contribution in [-0.2, 0) is 14.3 Å². The molecule has 0 aromatic rings. The van der Waals surface area contributed by atoms with Crippen LogP contribution in [0.5, 0.6) is 0 Å². The van der Waals surface area contributed by atoms with E-state index in [2.05, 4.69) is 0 Å². The number of piperidine rings is 1. The average molecular weight is 225 g/mol. The van der Waals surface area contributed by atoms with Crippen molar-refractivity contribution in [3.05, 3.63) is 0 Å². The summed E-state index contributed by atoms with van der Waals surface area (Å²) in [6.45, 7) is 2.92. The highest BCUT2D eigenvalue weighted by Gasteiger charge is 2.29. The van der Waals surface area contributed by atoms with Crippen LogP contribution in [0.3, 0.4) is 0 Å². The number of carbonyl (C=O) groups excluding carboxylic acids is 2. The molecule has 16 heavy (non-hydrogen) atoms. The van der Waals surface area contributed by atoms with Crippen molar-refractivity contribution in [3.63, 3.8) is 0 Å². The van der Waals surface area contributed by atoms with Gasteiger partial charge in [-0.1, -0.05) is 0 Å². The van der Waals surface area contributed by atoms with Gasteiger partial charge in [-0.25, -0.2) is 0 Å². The number of likely N-dealkylation sites (tertiary alicyclic amines) is 1. The van der Waals surface area contributed by atoms with Gasteiger partial charge in [-0.05, 0) is 25.7 Å². The third-order valence-electron chi connectivity index (χ3n) is 3.61. The van der Waals surface area contributed by atoms with E-state index in [9.17, 15) is 9.59 Å². The van der Waals surface area contributed by atoms with E-state index in [1.54, 1.807) is 0 Å². The predicted molar refractivity (Wildman–Crippen MR) is 58.9 cm³/mol. The number of rotatable bonds is 2. The van der Waals surface area contributed by atoms with Gasteiger partial charge in [0, 0.05) is 38.1 Å². The molecule has 2 saturated heterocycles. The summed E-state index contributed by atoms with van der Waals surface area (Å²) < 4.78 is 5.25. The van der Waals surface area contributed by atoms with Gasteiger partial charge in [0.1, 0.15) is 6.29 Å². The van der Waals surface area contributed by atoms with E-state index in [0.717, 1.165) is 45.1 Å². The molecule has 0 aromatic carbocycles. The van der Waals surface area contributed by atoms with Crippen molar-refractivity contribution in [1.82, 2.24) is 4.90 Å². The van der Waals surface area contributed by atoms with Crippen molar-refractivity contribution in [1.29, 1.82) is 0 Å². The number of ether oxygens (including phenoxy) is 1. The molecule has 2 aliphatic heterocycles. The monoisotopic (exact) mass is 225 g/mol. The third-order valence-corrected chi connectivity index (χ3v) is 3.61. The van der Waals surface area contributed by atoms with Crippen LogP contribution in [-0.4, -0.2) is 43.4 Å². The molecule has 2 aliphatic rings. The minimum Gasteiger partial charge on any atom is -0.381 e. The molecule has 90 valence electrons. The fraction of sp³-hybridized carbons (Fsp3) is 0.833. The Labute approximate surface area is 95.9 Å². The molecule has 0 N–H and O–H groups in total. The Morgan fingerprint density at radius 1 is 1.12 bits per heavy atom. The summed E-state index contributed by atoms with van der Waals surface area (Å²) in [5.74, 6) is 0.591. The molecule has 0 unspecified atom stereocenters. The first kappa shape index (κ1) is 11.6. The van der Waals surface area contributed by atoms with E-state index in [1.165, 1.54) is 0 Å². The Kier molecular flexibility index (Phi) is 3.93. The first-order valence-electron chi connectivity index (χ1n) is 6.13. The molecular weight excluding hydrogens is 206 g/mol. The summed E-state index contributed by atoms with van der Waals surface area (Å²) in [6, 6.07) is 0. The second-order valence-electron chi connectivity index (χ2n) is 4.69. The molecule has 0 spiro atoms. The molecule has 0 radical (unpaired) electrons. The van der Waals surface area contributed by atoms with Gasteiger partial charge in [0.2, 0.25) is 5.91 Å².